The monoisotopic (exact) mass is 219 g/mol. The summed E-state index contributed by atoms with van der Waals surface area (Å²) in [4.78, 5) is 10.6. The molecule has 14 heavy (non-hydrogen) atoms. The molecule has 6 heteroatoms. The first-order valence-electron chi connectivity index (χ1n) is 4.27. The lowest BCUT2D eigenvalue weighted by atomic mass is 10.2. The first kappa shape index (κ1) is 13.3. The van der Waals surface area contributed by atoms with Gasteiger partial charge in [0.25, 0.3) is 5.91 Å². The van der Waals surface area contributed by atoms with Crippen molar-refractivity contribution in [1.82, 2.24) is 0 Å². The van der Waals surface area contributed by atoms with Gasteiger partial charge >= 0.3 is 0 Å². The van der Waals surface area contributed by atoms with Crippen LogP contribution in [0.2, 0.25) is 0 Å². The molecule has 0 aromatic carbocycles. The molecular formula is C8H17N3O2S. The van der Waals surface area contributed by atoms with Gasteiger partial charge in [-0.05, 0) is 13.3 Å². The van der Waals surface area contributed by atoms with E-state index in [1.165, 1.54) is 6.92 Å². The first-order chi connectivity index (χ1) is 6.37. The lowest BCUT2D eigenvalue weighted by Crippen LogP contribution is -2.33. The number of rotatable bonds is 4. The highest BCUT2D eigenvalue weighted by molar-refractivity contribution is 7.91. The maximum Gasteiger partial charge on any atom is 0.251 e. The summed E-state index contributed by atoms with van der Waals surface area (Å²) in [6.45, 7) is 3.08. The van der Waals surface area contributed by atoms with Gasteiger partial charge in [-0.1, -0.05) is 12.2 Å². The van der Waals surface area contributed by atoms with E-state index >= 15 is 0 Å². The number of allylic oxidation sites excluding steroid dienone is 1. The van der Waals surface area contributed by atoms with Gasteiger partial charge in [0.2, 0.25) is 0 Å². The van der Waals surface area contributed by atoms with E-state index in [4.69, 9.17) is 10.9 Å². The average Bonchev–Trinajstić information content (AvgIpc) is 1.96. The van der Waals surface area contributed by atoms with E-state index in [1.54, 1.807) is 0 Å². The molecule has 4 N–H and O–H groups in total. The molecule has 0 aliphatic heterocycles. The Morgan fingerprint density at radius 3 is 2.64 bits per heavy atom. The Labute approximate surface area is 84.9 Å². The van der Waals surface area contributed by atoms with Crippen molar-refractivity contribution in [2.45, 2.75) is 26.3 Å². The van der Waals surface area contributed by atoms with Crippen LogP contribution in [-0.4, -0.2) is 21.9 Å². The summed E-state index contributed by atoms with van der Waals surface area (Å²) in [7, 11) is -2.94. The van der Waals surface area contributed by atoms with Gasteiger partial charge in [0.15, 0.2) is 0 Å². The molecule has 0 heterocycles. The van der Waals surface area contributed by atoms with E-state index < -0.39 is 15.8 Å². The Balaban J connectivity index is 4.36. The molecule has 0 saturated carbocycles. The van der Waals surface area contributed by atoms with Crippen molar-refractivity contribution >= 4 is 15.8 Å². The van der Waals surface area contributed by atoms with E-state index in [2.05, 4.69) is 4.36 Å². The maximum atomic E-state index is 11.5. The average molecular weight is 219 g/mol. The quantitative estimate of drug-likeness (QED) is 0.659. The van der Waals surface area contributed by atoms with E-state index in [1.807, 2.05) is 19.1 Å². The molecular weight excluding hydrogens is 202 g/mol. The molecule has 0 rings (SSSR count). The summed E-state index contributed by atoms with van der Waals surface area (Å²) in [5.74, 6) is -0.493. The summed E-state index contributed by atoms with van der Waals surface area (Å²) < 4.78 is 14.8. The standard InChI is InChI=1S/C8H17N3O2S/c1-3-4-5-8(9)6-14(10,13)11-7(2)12/h3-4,8H,5-6,9H2,1-2H3,(H2,10,11,12,13)/b4-3-/t8-,14?/m0/s1. The van der Waals surface area contributed by atoms with Crippen LogP contribution in [0.5, 0.6) is 0 Å². The lowest BCUT2D eigenvalue weighted by Gasteiger charge is -2.09. The van der Waals surface area contributed by atoms with Crippen molar-refractivity contribution in [3.05, 3.63) is 12.2 Å². The van der Waals surface area contributed by atoms with Crippen LogP contribution >= 0.6 is 0 Å². The molecule has 0 aromatic heterocycles. The molecule has 0 spiro atoms. The molecule has 82 valence electrons. The fraction of sp³-hybridized carbons (Fsp3) is 0.625. The molecule has 0 saturated heterocycles. The summed E-state index contributed by atoms with van der Waals surface area (Å²) in [6, 6.07) is -0.327. The fourth-order valence-corrected chi connectivity index (χ4v) is 2.20. The van der Waals surface area contributed by atoms with Crippen molar-refractivity contribution in [3.8, 4) is 0 Å². The Bertz CT molecular complexity index is 329. The number of amides is 1. The highest BCUT2D eigenvalue weighted by Gasteiger charge is 2.09. The number of nitrogens with two attached hydrogens (primary N) is 2. The van der Waals surface area contributed by atoms with Gasteiger partial charge in [-0.3, -0.25) is 4.79 Å². The number of hydrogen-bond acceptors (Lipinski definition) is 3. The van der Waals surface area contributed by atoms with Gasteiger partial charge in [0.1, 0.15) is 9.92 Å². The van der Waals surface area contributed by atoms with Gasteiger partial charge in [-0.2, -0.15) is 0 Å². The minimum Gasteiger partial charge on any atom is -0.327 e. The second-order valence-corrected chi connectivity index (χ2v) is 4.93. The first-order valence-corrected chi connectivity index (χ1v) is 6.02. The van der Waals surface area contributed by atoms with Gasteiger partial charge in [0, 0.05) is 13.0 Å². The normalized spacial score (nSPS) is 17.7. The van der Waals surface area contributed by atoms with Crippen molar-refractivity contribution < 1.29 is 9.00 Å². The zero-order valence-electron chi connectivity index (χ0n) is 8.47. The van der Waals surface area contributed by atoms with Crippen LogP contribution in [0, 0.1) is 0 Å². The second kappa shape index (κ2) is 5.90. The highest BCUT2D eigenvalue weighted by atomic mass is 32.2. The van der Waals surface area contributed by atoms with Crippen LogP contribution < -0.4 is 10.9 Å². The van der Waals surface area contributed by atoms with Crippen molar-refractivity contribution in [3.63, 3.8) is 0 Å². The van der Waals surface area contributed by atoms with E-state index in [0.29, 0.717) is 6.42 Å². The predicted molar refractivity (Wildman–Crippen MR) is 57.7 cm³/mol. The third-order valence-corrected chi connectivity index (χ3v) is 2.88. The topological polar surface area (TPSA) is 98.5 Å². The van der Waals surface area contributed by atoms with Crippen LogP contribution in [0.4, 0.5) is 0 Å². The molecule has 0 aliphatic rings. The molecule has 0 radical (unpaired) electrons. The molecule has 1 amide bonds. The minimum atomic E-state index is -2.94. The second-order valence-electron chi connectivity index (χ2n) is 3.03. The van der Waals surface area contributed by atoms with Gasteiger partial charge in [-0.15, -0.1) is 4.36 Å². The maximum absolute atomic E-state index is 11.5. The molecule has 2 atom stereocenters. The molecule has 0 fully saturated rings. The van der Waals surface area contributed by atoms with Crippen molar-refractivity contribution in [1.29, 1.82) is 0 Å². The fourth-order valence-electron chi connectivity index (χ4n) is 0.941. The zero-order chi connectivity index (χ0) is 11.2. The highest BCUT2D eigenvalue weighted by Crippen LogP contribution is 1.96. The lowest BCUT2D eigenvalue weighted by molar-refractivity contribution is -0.115. The number of nitrogens with zero attached hydrogens (tertiary/aromatic N) is 1. The molecule has 0 aliphatic carbocycles. The zero-order valence-corrected chi connectivity index (χ0v) is 9.29. The Morgan fingerprint density at radius 1 is 1.64 bits per heavy atom. The number of carbonyl (C=O) groups is 1. The third-order valence-electron chi connectivity index (χ3n) is 1.41. The summed E-state index contributed by atoms with van der Waals surface area (Å²) >= 11 is 0. The number of hydrogen-bond donors (Lipinski definition) is 2. The summed E-state index contributed by atoms with van der Waals surface area (Å²) in [5, 5.41) is 5.33. The molecule has 1 unspecified atom stereocenters. The molecule has 0 aromatic rings. The van der Waals surface area contributed by atoms with Crippen molar-refractivity contribution in [2.24, 2.45) is 15.2 Å². The SMILES string of the molecule is C/C=C\C[C@H](N)CS(N)(=O)=NC(C)=O. The Kier molecular flexibility index (Phi) is 5.59. The van der Waals surface area contributed by atoms with Gasteiger partial charge in [0.05, 0.1) is 5.75 Å². The minimum absolute atomic E-state index is 0.0386. The van der Waals surface area contributed by atoms with Crippen LogP contribution in [-0.2, 0) is 14.7 Å². The van der Waals surface area contributed by atoms with Gasteiger partial charge < -0.3 is 5.73 Å². The van der Waals surface area contributed by atoms with Crippen LogP contribution in [0.3, 0.4) is 0 Å². The largest absolute Gasteiger partial charge is 0.327 e. The van der Waals surface area contributed by atoms with E-state index in [-0.39, 0.29) is 11.8 Å². The smallest absolute Gasteiger partial charge is 0.251 e. The molecule has 0 bridgehead atoms. The Hall–Kier alpha value is -0.720. The third kappa shape index (κ3) is 6.76. The number of carbonyl (C=O) groups excluding carboxylic acids is 1. The van der Waals surface area contributed by atoms with Crippen molar-refractivity contribution in [2.75, 3.05) is 5.75 Å². The predicted octanol–water partition coefficient (Wildman–Crippen LogP) is 0.168. The van der Waals surface area contributed by atoms with Crippen LogP contribution in [0.25, 0.3) is 0 Å². The summed E-state index contributed by atoms with van der Waals surface area (Å²) in [6.07, 6.45) is 4.28. The summed E-state index contributed by atoms with van der Waals surface area (Å²) in [5.41, 5.74) is 5.64. The molecule has 5 nitrogen and oxygen atoms in total. The van der Waals surface area contributed by atoms with Crippen LogP contribution in [0.15, 0.2) is 16.5 Å². The van der Waals surface area contributed by atoms with E-state index in [0.717, 1.165) is 0 Å². The van der Waals surface area contributed by atoms with Gasteiger partial charge in [-0.25, -0.2) is 9.35 Å². The van der Waals surface area contributed by atoms with Crippen LogP contribution in [0.1, 0.15) is 20.3 Å². The van der Waals surface area contributed by atoms with E-state index in [9.17, 15) is 9.00 Å². The Morgan fingerprint density at radius 2 is 2.21 bits per heavy atom.